The molecule has 2 aromatic heterocycles. The average molecular weight is 384 g/mol. The summed E-state index contributed by atoms with van der Waals surface area (Å²) in [5.74, 6) is 1.98. The van der Waals surface area contributed by atoms with Crippen molar-refractivity contribution in [2.24, 2.45) is 24.8 Å². The van der Waals surface area contributed by atoms with Gasteiger partial charge in [-0.2, -0.15) is 0 Å². The Morgan fingerprint density at radius 2 is 2.18 bits per heavy atom. The van der Waals surface area contributed by atoms with E-state index in [4.69, 9.17) is 9.47 Å². The molecule has 0 spiro atoms. The van der Waals surface area contributed by atoms with Gasteiger partial charge in [0.2, 0.25) is 0 Å². The van der Waals surface area contributed by atoms with E-state index in [9.17, 15) is 9.59 Å². The second kappa shape index (κ2) is 7.33. The molecular weight excluding hydrogens is 360 g/mol. The van der Waals surface area contributed by atoms with Crippen molar-refractivity contribution in [1.82, 2.24) is 20.0 Å². The van der Waals surface area contributed by atoms with E-state index in [-0.39, 0.29) is 12.1 Å². The van der Waals surface area contributed by atoms with Crippen molar-refractivity contribution in [3.63, 3.8) is 0 Å². The number of pyridine rings is 1. The SMILES string of the molecule is CCOC(=O)CC1[C@H]2[C@H](Oc3ccc(-c4nnn(C)c4C=O)nc3C)CC[C@@H]12. The summed E-state index contributed by atoms with van der Waals surface area (Å²) in [5.41, 5.74) is 2.19. The van der Waals surface area contributed by atoms with Crippen molar-refractivity contribution in [2.45, 2.75) is 39.2 Å². The van der Waals surface area contributed by atoms with Crippen LogP contribution in [-0.4, -0.2) is 44.9 Å². The fourth-order valence-corrected chi connectivity index (χ4v) is 4.47. The largest absolute Gasteiger partial charge is 0.488 e. The van der Waals surface area contributed by atoms with Crippen molar-refractivity contribution >= 4 is 12.3 Å². The maximum atomic E-state index is 11.8. The van der Waals surface area contributed by atoms with Crippen LogP contribution >= 0.6 is 0 Å². The molecular formula is C20H24N4O4. The van der Waals surface area contributed by atoms with Gasteiger partial charge in [0, 0.05) is 19.4 Å². The third kappa shape index (κ3) is 3.27. The summed E-state index contributed by atoms with van der Waals surface area (Å²) in [5, 5.41) is 7.92. The second-order valence-electron chi connectivity index (χ2n) is 7.49. The first-order chi connectivity index (χ1) is 13.5. The number of aldehydes is 1. The van der Waals surface area contributed by atoms with Crippen LogP contribution in [0.5, 0.6) is 5.75 Å². The summed E-state index contributed by atoms with van der Waals surface area (Å²) in [6.07, 6.45) is 3.41. The van der Waals surface area contributed by atoms with E-state index < -0.39 is 0 Å². The zero-order valence-electron chi connectivity index (χ0n) is 16.3. The van der Waals surface area contributed by atoms with Crippen LogP contribution < -0.4 is 4.74 Å². The van der Waals surface area contributed by atoms with Crippen LogP contribution in [0.4, 0.5) is 0 Å². The normalized spacial score (nSPS) is 25.2. The highest BCUT2D eigenvalue weighted by atomic mass is 16.5. The molecule has 4 atom stereocenters. The van der Waals surface area contributed by atoms with Crippen LogP contribution in [0.1, 0.15) is 42.4 Å². The lowest BCUT2D eigenvalue weighted by Gasteiger charge is -2.18. The molecule has 1 unspecified atom stereocenters. The first kappa shape index (κ1) is 18.6. The van der Waals surface area contributed by atoms with Gasteiger partial charge >= 0.3 is 5.97 Å². The molecule has 0 aromatic carbocycles. The number of aryl methyl sites for hydroxylation is 2. The third-order valence-electron chi connectivity index (χ3n) is 5.86. The molecule has 148 valence electrons. The molecule has 4 rings (SSSR count). The lowest BCUT2D eigenvalue weighted by Crippen LogP contribution is -2.19. The Kier molecular flexibility index (Phi) is 4.87. The number of carbonyl (C=O) groups is 2. The van der Waals surface area contributed by atoms with Crippen LogP contribution in [0.2, 0.25) is 0 Å². The van der Waals surface area contributed by atoms with Crippen LogP contribution in [0.15, 0.2) is 12.1 Å². The fraction of sp³-hybridized carbons (Fsp3) is 0.550. The smallest absolute Gasteiger partial charge is 0.306 e. The molecule has 0 bridgehead atoms. The van der Waals surface area contributed by atoms with Gasteiger partial charge in [-0.3, -0.25) is 9.59 Å². The molecule has 2 aromatic rings. The van der Waals surface area contributed by atoms with Gasteiger partial charge in [0.25, 0.3) is 0 Å². The van der Waals surface area contributed by atoms with Crippen LogP contribution in [0.25, 0.3) is 11.4 Å². The minimum absolute atomic E-state index is 0.109. The van der Waals surface area contributed by atoms with Gasteiger partial charge in [-0.05, 0) is 50.7 Å². The summed E-state index contributed by atoms with van der Waals surface area (Å²) in [6, 6.07) is 3.67. The number of nitrogens with zero attached hydrogens (tertiary/aromatic N) is 4. The quantitative estimate of drug-likeness (QED) is 0.534. The molecule has 2 aliphatic rings. The van der Waals surface area contributed by atoms with Crippen molar-refractivity contribution in [3.05, 3.63) is 23.5 Å². The molecule has 28 heavy (non-hydrogen) atoms. The van der Waals surface area contributed by atoms with Gasteiger partial charge in [0.15, 0.2) is 6.29 Å². The molecule has 0 saturated heterocycles. The summed E-state index contributed by atoms with van der Waals surface area (Å²) in [4.78, 5) is 27.6. The van der Waals surface area contributed by atoms with Gasteiger partial charge in [0.1, 0.15) is 23.2 Å². The highest BCUT2D eigenvalue weighted by Crippen LogP contribution is 2.60. The zero-order valence-corrected chi connectivity index (χ0v) is 16.3. The predicted molar refractivity (Wildman–Crippen MR) is 99.7 cm³/mol. The maximum Gasteiger partial charge on any atom is 0.306 e. The Labute approximate surface area is 163 Å². The minimum Gasteiger partial charge on any atom is -0.488 e. The molecule has 0 amide bonds. The van der Waals surface area contributed by atoms with Crippen LogP contribution in [-0.2, 0) is 16.6 Å². The second-order valence-corrected chi connectivity index (χ2v) is 7.49. The van der Waals surface area contributed by atoms with E-state index in [0.717, 1.165) is 30.6 Å². The number of aromatic nitrogens is 4. The first-order valence-electron chi connectivity index (χ1n) is 9.68. The van der Waals surface area contributed by atoms with Gasteiger partial charge in [-0.25, -0.2) is 9.67 Å². The molecule has 8 nitrogen and oxygen atoms in total. The van der Waals surface area contributed by atoms with Crippen LogP contribution in [0.3, 0.4) is 0 Å². The van der Waals surface area contributed by atoms with Crippen molar-refractivity contribution in [2.75, 3.05) is 6.61 Å². The van der Waals surface area contributed by atoms with E-state index in [1.54, 1.807) is 13.1 Å². The summed E-state index contributed by atoms with van der Waals surface area (Å²) in [7, 11) is 1.67. The Bertz CT molecular complexity index is 910. The van der Waals surface area contributed by atoms with E-state index in [1.165, 1.54) is 4.68 Å². The number of hydrogen-bond donors (Lipinski definition) is 0. The molecule has 0 radical (unpaired) electrons. The highest BCUT2D eigenvalue weighted by molar-refractivity contribution is 5.82. The number of esters is 1. The topological polar surface area (TPSA) is 96.2 Å². The molecule has 8 heteroatoms. The Morgan fingerprint density at radius 3 is 2.89 bits per heavy atom. The zero-order chi connectivity index (χ0) is 19.8. The fourth-order valence-electron chi connectivity index (χ4n) is 4.47. The number of carbonyl (C=O) groups excluding carboxylic acids is 2. The minimum atomic E-state index is -0.113. The molecule has 0 N–H and O–H groups in total. The van der Waals surface area contributed by atoms with Gasteiger partial charge in [-0.15, -0.1) is 5.10 Å². The standard InChI is InChI=1S/C20H24N4O4/c1-4-27-18(26)9-13-12-5-7-17(19(12)13)28-16-8-6-14(21-11(16)2)20-15(10-25)24(3)23-22-20/h6,8,10,12-13,17,19H,4-5,7,9H2,1-3H3/t12-,13?,17+,19-/m0/s1. The summed E-state index contributed by atoms with van der Waals surface area (Å²) < 4.78 is 12.8. The van der Waals surface area contributed by atoms with E-state index >= 15 is 0 Å². The van der Waals surface area contributed by atoms with E-state index in [1.807, 2.05) is 19.9 Å². The Hall–Kier alpha value is -2.77. The van der Waals surface area contributed by atoms with Crippen molar-refractivity contribution in [3.8, 4) is 17.1 Å². The number of rotatable bonds is 7. The number of fused-ring (bicyclic) bond motifs is 1. The molecule has 2 saturated carbocycles. The molecule has 2 fully saturated rings. The van der Waals surface area contributed by atoms with Gasteiger partial charge in [-0.1, -0.05) is 5.21 Å². The van der Waals surface area contributed by atoms with Gasteiger partial charge < -0.3 is 9.47 Å². The summed E-state index contributed by atoms with van der Waals surface area (Å²) in [6.45, 7) is 4.14. The van der Waals surface area contributed by atoms with E-state index in [0.29, 0.717) is 47.9 Å². The monoisotopic (exact) mass is 384 g/mol. The average Bonchev–Trinajstić information content (AvgIpc) is 2.99. The van der Waals surface area contributed by atoms with E-state index in [2.05, 4.69) is 15.3 Å². The van der Waals surface area contributed by atoms with Crippen molar-refractivity contribution < 1.29 is 19.1 Å². The highest BCUT2D eigenvalue weighted by Gasteiger charge is 2.59. The molecule has 2 aliphatic carbocycles. The lowest BCUT2D eigenvalue weighted by atomic mass is 10.1. The molecule has 0 aliphatic heterocycles. The molecule has 2 heterocycles. The lowest BCUT2D eigenvalue weighted by molar-refractivity contribution is -0.143. The third-order valence-corrected chi connectivity index (χ3v) is 5.86. The summed E-state index contributed by atoms with van der Waals surface area (Å²) >= 11 is 0. The maximum absolute atomic E-state index is 11.8. The number of hydrogen-bond acceptors (Lipinski definition) is 7. The van der Waals surface area contributed by atoms with Crippen molar-refractivity contribution in [1.29, 1.82) is 0 Å². The predicted octanol–water partition coefficient (Wildman–Crippen LogP) is 2.35. The number of ether oxygens (including phenoxy) is 2. The Balaban J connectivity index is 1.45. The van der Waals surface area contributed by atoms with Gasteiger partial charge in [0.05, 0.1) is 18.0 Å². The van der Waals surface area contributed by atoms with Crippen LogP contribution in [0, 0.1) is 24.7 Å². The first-order valence-corrected chi connectivity index (χ1v) is 9.68. The Morgan fingerprint density at radius 1 is 1.36 bits per heavy atom.